The monoisotopic (exact) mass is 339 g/mol. The van der Waals surface area contributed by atoms with Crippen molar-refractivity contribution >= 4 is 21.6 Å². The maximum atomic E-state index is 11.9. The molecule has 0 unspecified atom stereocenters. The second-order valence-electron chi connectivity index (χ2n) is 4.82. The first-order chi connectivity index (χ1) is 10.6. The largest absolute Gasteiger partial charge is 0.375 e. The van der Waals surface area contributed by atoms with Crippen molar-refractivity contribution in [3.05, 3.63) is 70.7 Å². The van der Waals surface area contributed by atoms with Gasteiger partial charge in [0.15, 0.2) is 0 Å². The molecule has 0 saturated carbocycles. The number of hydrogen-bond donors (Lipinski definition) is 1. The molecule has 2 aromatic rings. The summed E-state index contributed by atoms with van der Waals surface area (Å²) in [5.41, 5.74) is 1.72. The van der Waals surface area contributed by atoms with Crippen LogP contribution in [-0.2, 0) is 27.1 Å². The molecule has 0 heterocycles. The van der Waals surface area contributed by atoms with Crippen molar-refractivity contribution in [1.29, 1.82) is 0 Å². The molecule has 6 heteroatoms. The zero-order chi connectivity index (χ0) is 15.8. The van der Waals surface area contributed by atoms with E-state index in [1.165, 1.54) is 0 Å². The van der Waals surface area contributed by atoms with E-state index in [-0.39, 0.29) is 12.3 Å². The van der Waals surface area contributed by atoms with E-state index in [1.54, 1.807) is 24.3 Å². The van der Waals surface area contributed by atoms with Gasteiger partial charge >= 0.3 is 0 Å². The van der Waals surface area contributed by atoms with Crippen LogP contribution in [0.5, 0.6) is 0 Å². The number of benzene rings is 2. The van der Waals surface area contributed by atoms with Crippen LogP contribution in [0.2, 0.25) is 5.02 Å². The second kappa shape index (κ2) is 8.29. The Bertz CT molecular complexity index is 690. The third kappa shape index (κ3) is 6.15. The van der Waals surface area contributed by atoms with E-state index in [1.807, 2.05) is 30.3 Å². The van der Waals surface area contributed by atoms with Crippen LogP contribution in [0.3, 0.4) is 0 Å². The Morgan fingerprint density at radius 2 is 1.73 bits per heavy atom. The molecule has 0 aliphatic heterocycles. The van der Waals surface area contributed by atoms with E-state index < -0.39 is 10.0 Å². The lowest BCUT2D eigenvalue weighted by molar-refractivity contribution is 0.126. The average molecular weight is 340 g/mol. The van der Waals surface area contributed by atoms with Crippen LogP contribution >= 0.6 is 11.6 Å². The number of rotatable bonds is 8. The minimum atomic E-state index is -3.39. The Hall–Kier alpha value is -1.40. The summed E-state index contributed by atoms with van der Waals surface area (Å²) < 4.78 is 31.8. The molecule has 22 heavy (non-hydrogen) atoms. The van der Waals surface area contributed by atoms with E-state index in [0.29, 0.717) is 23.8 Å². The number of halogens is 1. The van der Waals surface area contributed by atoms with E-state index >= 15 is 0 Å². The second-order valence-corrected chi connectivity index (χ2v) is 7.06. The van der Waals surface area contributed by atoms with Crippen molar-refractivity contribution < 1.29 is 13.2 Å². The molecule has 0 aliphatic carbocycles. The fourth-order valence-electron chi connectivity index (χ4n) is 1.93. The highest BCUT2D eigenvalue weighted by atomic mass is 35.5. The summed E-state index contributed by atoms with van der Waals surface area (Å²) in [5, 5.41) is 0.527. The third-order valence-electron chi connectivity index (χ3n) is 2.93. The highest BCUT2D eigenvalue weighted by Crippen LogP contribution is 2.12. The summed E-state index contributed by atoms with van der Waals surface area (Å²) in [7, 11) is -3.39. The smallest absolute Gasteiger partial charge is 0.215 e. The van der Waals surface area contributed by atoms with Gasteiger partial charge in [-0.2, -0.15) is 0 Å². The molecule has 2 aromatic carbocycles. The predicted molar refractivity (Wildman–Crippen MR) is 88.2 cm³/mol. The molecule has 0 atom stereocenters. The number of sulfonamides is 1. The molecule has 118 valence electrons. The first kappa shape index (κ1) is 17.0. The predicted octanol–water partition coefficient (Wildman–Crippen LogP) is 2.98. The lowest BCUT2D eigenvalue weighted by Crippen LogP contribution is -2.28. The molecule has 0 amide bonds. The van der Waals surface area contributed by atoms with Gasteiger partial charge in [-0.15, -0.1) is 0 Å². The Morgan fingerprint density at radius 3 is 2.45 bits per heavy atom. The van der Waals surface area contributed by atoms with Crippen molar-refractivity contribution in [3.8, 4) is 0 Å². The van der Waals surface area contributed by atoms with Crippen LogP contribution < -0.4 is 4.72 Å². The summed E-state index contributed by atoms with van der Waals surface area (Å²) in [6.45, 7) is 1.04. The van der Waals surface area contributed by atoms with E-state index in [0.717, 1.165) is 5.56 Å². The van der Waals surface area contributed by atoms with E-state index in [9.17, 15) is 8.42 Å². The van der Waals surface area contributed by atoms with Gasteiger partial charge in [0, 0.05) is 11.6 Å². The van der Waals surface area contributed by atoms with Crippen molar-refractivity contribution in [2.45, 2.75) is 12.4 Å². The number of hydrogen-bond acceptors (Lipinski definition) is 3. The van der Waals surface area contributed by atoms with Gasteiger partial charge in [0.1, 0.15) is 0 Å². The minimum absolute atomic E-state index is 0.0910. The summed E-state index contributed by atoms with van der Waals surface area (Å²) >= 11 is 5.84. The molecule has 0 bridgehead atoms. The SMILES string of the molecule is O=S(=O)(Cc1cccc(Cl)c1)NCCOCc1ccccc1. The van der Waals surface area contributed by atoms with Gasteiger partial charge in [0.2, 0.25) is 10.0 Å². The Labute approximate surface area is 136 Å². The van der Waals surface area contributed by atoms with Gasteiger partial charge < -0.3 is 4.74 Å². The molecular formula is C16H18ClNO3S. The highest BCUT2D eigenvalue weighted by molar-refractivity contribution is 7.88. The molecule has 0 aromatic heterocycles. The maximum absolute atomic E-state index is 11.9. The Morgan fingerprint density at radius 1 is 1.00 bits per heavy atom. The highest BCUT2D eigenvalue weighted by Gasteiger charge is 2.11. The number of nitrogens with one attached hydrogen (secondary N) is 1. The van der Waals surface area contributed by atoms with E-state index in [4.69, 9.17) is 16.3 Å². The first-order valence-electron chi connectivity index (χ1n) is 6.89. The molecule has 0 spiro atoms. The van der Waals surface area contributed by atoms with Crippen LogP contribution in [0.4, 0.5) is 0 Å². The standard InChI is InChI=1S/C16H18ClNO3S/c17-16-8-4-7-15(11-16)13-22(19,20)18-9-10-21-12-14-5-2-1-3-6-14/h1-8,11,18H,9-10,12-13H2. The molecule has 2 rings (SSSR count). The molecule has 0 saturated heterocycles. The molecule has 0 fully saturated rings. The van der Waals surface area contributed by atoms with Crippen molar-refractivity contribution in [1.82, 2.24) is 4.72 Å². The molecular weight excluding hydrogens is 322 g/mol. The molecule has 4 nitrogen and oxygen atoms in total. The fraction of sp³-hybridized carbons (Fsp3) is 0.250. The van der Waals surface area contributed by atoms with Crippen LogP contribution in [-0.4, -0.2) is 21.6 Å². The third-order valence-corrected chi connectivity index (χ3v) is 4.52. The average Bonchev–Trinajstić information content (AvgIpc) is 2.47. The van der Waals surface area contributed by atoms with Crippen LogP contribution in [0.15, 0.2) is 54.6 Å². The lowest BCUT2D eigenvalue weighted by atomic mass is 10.2. The summed E-state index contributed by atoms with van der Waals surface area (Å²) in [4.78, 5) is 0. The van der Waals surface area contributed by atoms with E-state index in [2.05, 4.69) is 4.72 Å². The fourth-order valence-corrected chi connectivity index (χ4v) is 3.26. The zero-order valence-electron chi connectivity index (χ0n) is 12.0. The molecule has 1 N–H and O–H groups in total. The Kier molecular flexibility index (Phi) is 6.39. The Balaban J connectivity index is 1.71. The zero-order valence-corrected chi connectivity index (χ0v) is 13.6. The summed E-state index contributed by atoms with van der Waals surface area (Å²) in [5.74, 6) is -0.0910. The maximum Gasteiger partial charge on any atom is 0.215 e. The summed E-state index contributed by atoms with van der Waals surface area (Å²) in [6, 6.07) is 16.6. The van der Waals surface area contributed by atoms with Crippen molar-refractivity contribution in [3.63, 3.8) is 0 Å². The van der Waals surface area contributed by atoms with Gasteiger partial charge in [0.05, 0.1) is 19.0 Å². The van der Waals surface area contributed by atoms with Gasteiger partial charge in [-0.25, -0.2) is 13.1 Å². The van der Waals surface area contributed by atoms with Gasteiger partial charge in [-0.05, 0) is 23.3 Å². The van der Waals surface area contributed by atoms with Gasteiger partial charge in [0.25, 0.3) is 0 Å². The van der Waals surface area contributed by atoms with Crippen LogP contribution in [0.25, 0.3) is 0 Å². The molecule has 0 aliphatic rings. The topological polar surface area (TPSA) is 55.4 Å². The van der Waals surface area contributed by atoms with Gasteiger partial charge in [-0.3, -0.25) is 0 Å². The van der Waals surface area contributed by atoms with Crippen LogP contribution in [0.1, 0.15) is 11.1 Å². The minimum Gasteiger partial charge on any atom is -0.375 e. The van der Waals surface area contributed by atoms with Crippen molar-refractivity contribution in [2.75, 3.05) is 13.2 Å². The van der Waals surface area contributed by atoms with Crippen molar-refractivity contribution in [2.24, 2.45) is 0 Å². The normalized spacial score (nSPS) is 11.5. The quantitative estimate of drug-likeness (QED) is 0.752. The molecule has 0 radical (unpaired) electrons. The van der Waals surface area contributed by atoms with Crippen LogP contribution in [0, 0.1) is 0 Å². The van der Waals surface area contributed by atoms with Gasteiger partial charge in [-0.1, -0.05) is 54.1 Å². The number of ether oxygens (including phenoxy) is 1. The summed E-state index contributed by atoms with van der Waals surface area (Å²) in [6.07, 6.45) is 0. The first-order valence-corrected chi connectivity index (χ1v) is 8.92. The lowest BCUT2D eigenvalue weighted by Gasteiger charge is -2.08.